The second-order valence-corrected chi connectivity index (χ2v) is 9.20. The van der Waals surface area contributed by atoms with Crippen molar-refractivity contribution >= 4 is 32.4 Å². The molecule has 0 bridgehead atoms. The number of hydrogen-bond donors (Lipinski definition) is 0. The van der Waals surface area contributed by atoms with E-state index in [4.69, 9.17) is 4.98 Å². The average molecular weight is 458 g/mol. The summed E-state index contributed by atoms with van der Waals surface area (Å²) in [6.07, 6.45) is 2.02. The van der Waals surface area contributed by atoms with Crippen molar-refractivity contribution in [1.29, 1.82) is 0 Å². The maximum absolute atomic E-state index is 4.79. The number of rotatable bonds is 3. The lowest BCUT2D eigenvalue weighted by molar-refractivity contribution is 1.41. The summed E-state index contributed by atoms with van der Waals surface area (Å²) in [6, 6.07) is 47.7. The molecule has 0 atom stereocenters. The van der Waals surface area contributed by atoms with Gasteiger partial charge in [-0.3, -0.25) is 4.98 Å². The predicted octanol–water partition coefficient (Wildman–Crippen LogP) is 9.54. The predicted molar refractivity (Wildman–Crippen MR) is 153 cm³/mol. The SMILES string of the molecule is c1ccc(-c2ccc(-c3c4ccccc4c(-c4cnc5ccccc5c4)c4ccccc34)cc2)cc1. The van der Waals surface area contributed by atoms with Gasteiger partial charge in [-0.25, -0.2) is 0 Å². The molecule has 0 N–H and O–H groups in total. The molecule has 36 heavy (non-hydrogen) atoms. The molecule has 0 spiro atoms. The first-order chi connectivity index (χ1) is 17.9. The molecule has 1 nitrogen and oxygen atoms in total. The van der Waals surface area contributed by atoms with E-state index >= 15 is 0 Å². The van der Waals surface area contributed by atoms with Crippen LogP contribution in [-0.4, -0.2) is 4.98 Å². The van der Waals surface area contributed by atoms with Crippen LogP contribution in [0.25, 0.3) is 65.8 Å². The van der Waals surface area contributed by atoms with Crippen molar-refractivity contribution in [3.05, 3.63) is 140 Å². The van der Waals surface area contributed by atoms with E-state index in [1.807, 2.05) is 12.3 Å². The topological polar surface area (TPSA) is 12.9 Å². The second kappa shape index (κ2) is 8.48. The number of para-hydroxylation sites is 1. The number of aromatic nitrogens is 1. The van der Waals surface area contributed by atoms with Crippen molar-refractivity contribution < 1.29 is 0 Å². The first-order valence-electron chi connectivity index (χ1n) is 12.3. The molecule has 0 amide bonds. The van der Waals surface area contributed by atoms with Gasteiger partial charge >= 0.3 is 0 Å². The zero-order valence-corrected chi connectivity index (χ0v) is 19.7. The number of nitrogens with zero attached hydrogens (tertiary/aromatic N) is 1. The minimum Gasteiger partial charge on any atom is -0.256 e. The van der Waals surface area contributed by atoms with Crippen LogP contribution in [0, 0.1) is 0 Å². The van der Waals surface area contributed by atoms with Crippen LogP contribution >= 0.6 is 0 Å². The summed E-state index contributed by atoms with van der Waals surface area (Å²) in [4.78, 5) is 4.79. The molecule has 1 heterocycles. The van der Waals surface area contributed by atoms with Crippen molar-refractivity contribution in [2.45, 2.75) is 0 Å². The first-order valence-corrected chi connectivity index (χ1v) is 12.3. The lowest BCUT2D eigenvalue weighted by Crippen LogP contribution is -1.91. The van der Waals surface area contributed by atoms with Crippen molar-refractivity contribution in [2.24, 2.45) is 0 Å². The van der Waals surface area contributed by atoms with E-state index in [0.717, 1.165) is 16.5 Å². The maximum atomic E-state index is 4.79. The Bertz CT molecular complexity index is 1810. The van der Waals surface area contributed by atoms with Gasteiger partial charge in [-0.2, -0.15) is 0 Å². The number of hydrogen-bond acceptors (Lipinski definition) is 1. The molecular weight excluding hydrogens is 434 g/mol. The van der Waals surface area contributed by atoms with Crippen LogP contribution < -0.4 is 0 Å². The van der Waals surface area contributed by atoms with Crippen LogP contribution in [0.15, 0.2) is 140 Å². The summed E-state index contributed by atoms with van der Waals surface area (Å²) in [5.41, 5.74) is 8.37. The van der Waals surface area contributed by atoms with Crippen molar-refractivity contribution in [3.8, 4) is 33.4 Å². The highest BCUT2D eigenvalue weighted by Crippen LogP contribution is 2.44. The smallest absolute Gasteiger partial charge is 0.0702 e. The third-order valence-corrected chi connectivity index (χ3v) is 7.09. The van der Waals surface area contributed by atoms with E-state index in [1.54, 1.807) is 0 Å². The zero-order valence-electron chi connectivity index (χ0n) is 19.7. The van der Waals surface area contributed by atoms with E-state index in [-0.39, 0.29) is 0 Å². The third kappa shape index (κ3) is 3.37. The molecule has 7 rings (SSSR count). The van der Waals surface area contributed by atoms with Gasteiger partial charge < -0.3 is 0 Å². The number of fused-ring (bicyclic) bond motifs is 3. The van der Waals surface area contributed by atoms with E-state index in [2.05, 4.69) is 127 Å². The molecule has 168 valence electrons. The monoisotopic (exact) mass is 457 g/mol. The molecule has 0 aliphatic carbocycles. The molecule has 0 radical (unpaired) electrons. The average Bonchev–Trinajstić information content (AvgIpc) is 2.96. The van der Waals surface area contributed by atoms with Gasteiger partial charge in [-0.1, -0.05) is 121 Å². The third-order valence-electron chi connectivity index (χ3n) is 7.09. The van der Waals surface area contributed by atoms with E-state index in [9.17, 15) is 0 Å². The van der Waals surface area contributed by atoms with Crippen molar-refractivity contribution in [3.63, 3.8) is 0 Å². The molecule has 0 fully saturated rings. The van der Waals surface area contributed by atoms with Crippen LogP contribution in [-0.2, 0) is 0 Å². The Labute approximate surface area is 210 Å². The maximum Gasteiger partial charge on any atom is 0.0702 e. The number of pyridine rings is 1. The fraction of sp³-hybridized carbons (Fsp3) is 0. The molecule has 0 aliphatic heterocycles. The minimum atomic E-state index is 1.02. The Balaban J connectivity index is 1.50. The first kappa shape index (κ1) is 20.6. The molecule has 0 unspecified atom stereocenters. The van der Waals surface area contributed by atoms with Crippen LogP contribution in [0.1, 0.15) is 0 Å². The van der Waals surface area contributed by atoms with Gasteiger partial charge in [0.05, 0.1) is 5.52 Å². The molecule has 7 aromatic rings. The summed E-state index contributed by atoms with van der Waals surface area (Å²) in [7, 11) is 0. The summed E-state index contributed by atoms with van der Waals surface area (Å²) in [5, 5.41) is 6.16. The highest BCUT2D eigenvalue weighted by molar-refractivity contribution is 6.21. The Morgan fingerprint density at radius 2 is 0.833 bits per heavy atom. The van der Waals surface area contributed by atoms with Gasteiger partial charge in [0.15, 0.2) is 0 Å². The fourth-order valence-electron chi connectivity index (χ4n) is 5.42. The Morgan fingerprint density at radius 1 is 0.361 bits per heavy atom. The molecule has 0 saturated heterocycles. The Hall–Kier alpha value is -4.75. The van der Waals surface area contributed by atoms with Crippen molar-refractivity contribution in [2.75, 3.05) is 0 Å². The van der Waals surface area contributed by atoms with Gasteiger partial charge in [-0.05, 0) is 61.5 Å². The fourth-order valence-corrected chi connectivity index (χ4v) is 5.42. The summed E-state index contributed by atoms with van der Waals surface area (Å²) in [5.74, 6) is 0. The Kier molecular flexibility index (Phi) is 4.85. The molecule has 1 aromatic heterocycles. The summed E-state index contributed by atoms with van der Waals surface area (Å²) >= 11 is 0. The van der Waals surface area contributed by atoms with Crippen molar-refractivity contribution in [1.82, 2.24) is 4.98 Å². The van der Waals surface area contributed by atoms with E-state index < -0.39 is 0 Å². The highest BCUT2D eigenvalue weighted by Gasteiger charge is 2.17. The second-order valence-electron chi connectivity index (χ2n) is 9.20. The highest BCUT2D eigenvalue weighted by atomic mass is 14.6. The minimum absolute atomic E-state index is 1.02. The molecule has 0 saturated carbocycles. The summed E-state index contributed by atoms with van der Waals surface area (Å²) < 4.78 is 0. The Morgan fingerprint density at radius 3 is 1.47 bits per heavy atom. The molecule has 6 aromatic carbocycles. The normalized spacial score (nSPS) is 11.3. The molecule has 0 aliphatic rings. The standard InChI is InChI=1S/C35H23N/c1-2-10-24(11-3-1)25-18-20-26(21-19-25)34-29-13-5-7-15-31(29)35(32-16-8-6-14-30(32)34)28-22-27-12-4-9-17-33(27)36-23-28/h1-23H. The van der Waals surface area contributed by atoms with Crippen LogP contribution in [0.2, 0.25) is 0 Å². The number of benzene rings is 6. The van der Waals surface area contributed by atoms with Gasteiger partial charge in [-0.15, -0.1) is 0 Å². The van der Waals surface area contributed by atoms with Gasteiger partial charge in [0.1, 0.15) is 0 Å². The zero-order chi connectivity index (χ0) is 23.9. The summed E-state index contributed by atoms with van der Waals surface area (Å²) in [6.45, 7) is 0. The van der Waals surface area contributed by atoms with Crippen LogP contribution in [0.3, 0.4) is 0 Å². The lowest BCUT2D eigenvalue weighted by atomic mass is 9.86. The van der Waals surface area contributed by atoms with Crippen LogP contribution in [0.5, 0.6) is 0 Å². The van der Waals surface area contributed by atoms with Crippen LogP contribution in [0.4, 0.5) is 0 Å². The lowest BCUT2D eigenvalue weighted by Gasteiger charge is -2.18. The largest absolute Gasteiger partial charge is 0.256 e. The molecule has 1 heteroatoms. The van der Waals surface area contributed by atoms with Gasteiger partial charge in [0.25, 0.3) is 0 Å². The van der Waals surface area contributed by atoms with Gasteiger partial charge in [0, 0.05) is 17.1 Å². The quantitative estimate of drug-likeness (QED) is 0.241. The van der Waals surface area contributed by atoms with E-state index in [0.29, 0.717) is 0 Å². The van der Waals surface area contributed by atoms with Gasteiger partial charge in [0.2, 0.25) is 0 Å². The van der Waals surface area contributed by atoms with E-state index in [1.165, 1.54) is 49.4 Å². The molecular formula is C35H23N.